The molecule has 8 heteroatoms. The molecule has 1 rings (SSSR count). The van der Waals surface area contributed by atoms with Crippen molar-refractivity contribution in [2.24, 2.45) is 16.5 Å². The van der Waals surface area contributed by atoms with Crippen molar-refractivity contribution in [2.75, 3.05) is 6.26 Å². The van der Waals surface area contributed by atoms with Crippen molar-refractivity contribution >= 4 is 27.5 Å². The highest BCUT2D eigenvalue weighted by Crippen LogP contribution is 2.25. The molecule has 5 N–H and O–H groups in total. The highest BCUT2D eigenvalue weighted by atomic mass is 32.2. The fourth-order valence-corrected chi connectivity index (χ4v) is 1.99. The minimum absolute atomic E-state index is 0.0904. The molecule has 92 valence electrons. The zero-order valence-corrected chi connectivity index (χ0v) is 9.73. The topological polar surface area (TPSA) is 136 Å². The lowest BCUT2D eigenvalue weighted by Crippen LogP contribution is -2.22. The van der Waals surface area contributed by atoms with Crippen LogP contribution in [0.4, 0.5) is 5.69 Å². The normalized spacial score (nSPS) is 10.9. The Morgan fingerprint density at radius 1 is 1.35 bits per heavy atom. The zero-order chi connectivity index (χ0) is 13.2. The fraction of sp³-hybridized carbons (Fsp3) is 0.111. The first-order valence-electron chi connectivity index (χ1n) is 4.39. The number of aromatic carboxylic acids is 1. The Morgan fingerprint density at radius 2 is 1.94 bits per heavy atom. The molecule has 0 aromatic heterocycles. The zero-order valence-electron chi connectivity index (χ0n) is 8.91. The van der Waals surface area contributed by atoms with Gasteiger partial charge in [-0.25, -0.2) is 18.2 Å². The second-order valence-electron chi connectivity index (χ2n) is 3.30. The molecule has 17 heavy (non-hydrogen) atoms. The van der Waals surface area contributed by atoms with Gasteiger partial charge in [-0.3, -0.25) is 0 Å². The van der Waals surface area contributed by atoms with Crippen molar-refractivity contribution in [2.45, 2.75) is 4.90 Å². The SMILES string of the molecule is CS(=O)(=O)c1ccc(C(=O)O)cc1N=C(N)N. The summed E-state index contributed by atoms with van der Waals surface area (Å²) >= 11 is 0. The summed E-state index contributed by atoms with van der Waals surface area (Å²) in [5.41, 5.74) is 10.1. The van der Waals surface area contributed by atoms with E-state index in [1.807, 2.05) is 0 Å². The number of carboxylic acids is 1. The van der Waals surface area contributed by atoms with Crippen LogP contribution in [-0.2, 0) is 9.84 Å². The average Bonchev–Trinajstić information content (AvgIpc) is 2.14. The van der Waals surface area contributed by atoms with Gasteiger partial charge in [-0.1, -0.05) is 0 Å². The molecule has 0 aliphatic carbocycles. The molecular weight excluding hydrogens is 246 g/mol. The maximum Gasteiger partial charge on any atom is 0.335 e. The van der Waals surface area contributed by atoms with Crippen molar-refractivity contribution < 1.29 is 18.3 Å². The largest absolute Gasteiger partial charge is 0.478 e. The summed E-state index contributed by atoms with van der Waals surface area (Å²) in [6.45, 7) is 0. The van der Waals surface area contributed by atoms with E-state index >= 15 is 0 Å². The second kappa shape index (κ2) is 4.42. The molecule has 0 radical (unpaired) electrons. The summed E-state index contributed by atoms with van der Waals surface area (Å²) in [6.07, 6.45) is 0.981. The van der Waals surface area contributed by atoms with E-state index in [9.17, 15) is 13.2 Å². The van der Waals surface area contributed by atoms with Crippen LogP contribution in [0.1, 0.15) is 10.4 Å². The van der Waals surface area contributed by atoms with E-state index in [1.165, 1.54) is 6.07 Å². The van der Waals surface area contributed by atoms with Gasteiger partial charge in [-0.2, -0.15) is 0 Å². The summed E-state index contributed by atoms with van der Waals surface area (Å²) in [5, 5.41) is 8.78. The van der Waals surface area contributed by atoms with E-state index in [2.05, 4.69) is 4.99 Å². The summed E-state index contributed by atoms with van der Waals surface area (Å²) in [7, 11) is -3.53. The van der Waals surface area contributed by atoms with Crippen molar-refractivity contribution in [1.29, 1.82) is 0 Å². The second-order valence-corrected chi connectivity index (χ2v) is 5.28. The van der Waals surface area contributed by atoms with E-state index in [-0.39, 0.29) is 22.1 Å². The summed E-state index contributed by atoms with van der Waals surface area (Å²) in [5.74, 6) is -1.55. The molecule has 0 spiro atoms. The molecular formula is C9H11N3O4S. The monoisotopic (exact) mass is 257 g/mol. The van der Waals surface area contributed by atoms with E-state index in [0.717, 1.165) is 18.4 Å². The predicted octanol–water partition coefficient (Wildman–Crippen LogP) is -0.307. The van der Waals surface area contributed by atoms with Gasteiger partial charge in [0, 0.05) is 6.26 Å². The van der Waals surface area contributed by atoms with Gasteiger partial charge in [-0.15, -0.1) is 0 Å². The Morgan fingerprint density at radius 3 is 2.35 bits per heavy atom. The first-order chi connectivity index (χ1) is 7.71. The quantitative estimate of drug-likeness (QED) is 0.502. The van der Waals surface area contributed by atoms with Gasteiger partial charge >= 0.3 is 5.97 Å². The van der Waals surface area contributed by atoms with Crippen LogP contribution >= 0.6 is 0 Å². The average molecular weight is 257 g/mol. The highest BCUT2D eigenvalue weighted by molar-refractivity contribution is 7.90. The van der Waals surface area contributed by atoms with Crippen molar-refractivity contribution in [3.05, 3.63) is 23.8 Å². The number of carbonyl (C=O) groups is 1. The van der Waals surface area contributed by atoms with Gasteiger partial charge < -0.3 is 16.6 Å². The number of nitrogens with two attached hydrogens (primary N) is 2. The first kappa shape index (κ1) is 13.0. The minimum Gasteiger partial charge on any atom is -0.478 e. The maximum atomic E-state index is 11.4. The molecule has 0 heterocycles. The summed E-state index contributed by atoms with van der Waals surface area (Å²) < 4.78 is 22.8. The molecule has 1 aromatic carbocycles. The molecule has 0 aliphatic rings. The number of sulfone groups is 1. The van der Waals surface area contributed by atoms with Crippen LogP contribution in [0, 0.1) is 0 Å². The third kappa shape index (κ3) is 3.18. The molecule has 0 bridgehead atoms. The van der Waals surface area contributed by atoms with Gasteiger partial charge in [0.2, 0.25) is 0 Å². The molecule has 0 unspecified atom stereocenters. The Kier molecular flexibility index (Phi) is 3.37. The van der Waals surface area contributed by atoms with Gasteiger partial charge in [0.15, 0.2) is 15.8 Å². The molecule has 0 saturated heterocycles. The Hall–Kier alpha value is -2.09. The van der Waals surface area contributed by atoms with Crippen molar-refractivity contribution in [1.82, 2.24) is 0 Å². The van der Waals surface area contributed by atoms with Gasteiger partial charge in [-0.05, 0) is 18.2 Å². The summed E-state index contributed by atoms with van der Waals surface area (Å²) in [6, 6.07) is 3.42. The highest BCUT2D eigenvalue weighted by Gasteiger charge is 2.15. The standard InChI is InChI=1S/C9H11N3O4S/c1-17(15,16)7-3-2-5(8(13)14)4-6(7)12-9(10)11/h2-4H,1H3,(H,13,14)(H4,10,11,12). The lowest BCUT2D eigenvalue weighted by molar-refractivity contribution is 0.0697. The maximum absolute atomic E-state index is 11.4. The molecule has 0 aliphatic heterocycles. The molecule has 0 atom stereocenters. The van der Waals surface area contributed by atoms with Crippen LogP contribution in [0.15, 0.2) is 28.1 Å². The van der Waals surface area contributed by atoms with E-state index in [1.54, 1.807) is 0 Å². The third-order valence-corrected chi connectivity index (χ3v) is 3.00. The number of hydrogen-bond donors (Lipinski definition) is 3. The van der Waals surface area contributed by atoms with Crippen LogP contribution in [0.25, 0.3) is 0 Å². The Bertz CT molecular complexity index is 588. The smallest absolute Gasteiger partial charge is 0.335 e. The van der Waals surface area contributed by atoms with Crippen LogP contribution in [0.2, 0.25) is 0 Å². The van der Waals surface area contributed by atoms with Crippen molar-refractivity contribution in [3.8, 4) is 0 Å². The molecule has 0 saturated carbocycles. The molecule has 1 aromatic rings. The van der Waals surface area contributed by atoms with Crippen LogP contribution < -0.4 is 11.5 Å². The fourth-order valence-electron chi connectivity index (χ4n) is 1.19. The molecule has 7 nitrogen and oxygen atoms in total. The van der Waals surface area contributed by atoms with E-state index < -0.39 is 15.8 Å². The van der Waals surface area contributed by atoms with E-state index in [0.29, 0.717) is 0 Å². The van der Waals surface area contributed by atoms with Crippen LogP contribution in [0.3, 0.4) is 0 Å². The van der Waals surface area contributed by atoms with Gasteiger partial charge in [0.25, 0.3) is 0 Å². The molecule has 0 fully saturated rings. The number of hydrogen-bond acceptors (Lipinski definition) is 4. The van der Waals surface area contributed by atoms with Crippen LogP contribution in [0.5, 0.6) is 0 Å². The number of carboxylic acid groups (broad SMARTS) is 1. The van der Waals surface area contributed by atoms with Gasteiger partial charge in [0.05, 0.1) is 16.1 Å². The lowest BCUT2D eigenvalue weighted by Gasteiger charge is -2.05. The van der Waals surface area contributed by atoms with Gasteiger partial charge in [0.1, 0.15) is 0 Å². The number of nitrogens with zero attached hydrogens (tertiary/aromatic N) is 1. The number of benzene rings is 1. The first-order valence-corrected chi connectivity index (χ1v) is 6.28. The predicted molar refractivity (Wildman–Crippen MR) is 62.0 cm³/mol. The Balaban J connectivity index is 3.53. The number of aliphatic imine (C=N–C) groups is 1. The number of guanidine groups is 1. The summed E-state index contributed by atoms with van der Waals surface area (Å²) in [4.78, 5) is 14.2. The molecule has 0 amide bonds. The third-order valence-electron chi connectivity index (χ3n) is 1.85. The Labute approximate surface area is 97.7 Å². The number of rotatable bonds is 3. The lowest BCUT2D eigenvalue weighted by atomic mass is 10.2. The van der Waals surface area contributed by atoms with Crippen molar-refractivity contribution in [3.63, 3.8) is 0 Å². The minimum atomic E-state index is -3.53. The van der Waals surface area contributed by atoms with Crippen LogP contribution in [-0.4, -0.2) is 31.7 Å². The van der Waals surface area contributed by atoms with E-state index in [4.69, 9.17) is 16.6 Å².